The second-order valence-corrected chi connectivity index (χ2v) is 5.10. The average Bonchev–Trinajstić information content (AvgIpc) is 2.30. The maximum atomic E-state index is 11.4. The monoisotopic (exact) mass is 315 g/mol. The fourth-order valence-electron chi connectivity index (χ4n) is 1.41. The van der Waals surface area contributed by atoms with E-state index in [1.54, 1.807) is 18.2 Å². The van der Waals surface area contributed by atoms with Gasteiger partial charge in [-0.2, -0.15) is 0 Å². The number of carbonyl (C=O) groups is 1. The first-order valence-corrected chi connectivity index (χ1v) is 6.63. The zero-order valence-corrected chi connectivity index (χ0v) is 12.2. The lowest BCUT2D eigenvalue weighted by molar-refractivity contribution is -0.122. The smallest absolute Gasteiger partial charge is 0.223 e. The summed E-state index contributed by atoms with van der Waals surface area (Å²) in [6.45, 7) is 4.16. The van der Waals surface area contributed by atoms with E-state index in [1.165, 1.54) is 0 Å². The van der Waals surface area contributed by atoms with Crippen molar-refractivity contribution in [3.63, 3.8) is 0 Å². The summed E-state index contributed by atoms with van der Waals surface area (Å²) in [6.07, 6.45) is 0.326. The van der Waals surface area contributed by atoms with Gasteiger partial charge in [0.1, 0.15) is 5.75 Å². The lowest BCUT2D eigenvalue weighted by Crippen LogP contribution is -2.31. The number of nitrogens with one attached hydrogen (secondary N) is 1. The molecule has 1 aromatic rings. The minimum atomic E-state index is -0.0203. The van der Waals surface area contributed by atoms with E-state index in [0.29, 0.717) is 18.8 Å². The molecule has 1 rings (SSSR count). The Kier molecular flexibility index (Phi) is 6.15. The molecule has 18 heavy (non-hydrogen) atoms. The molecule has 0 saturated carbocycles. The van der Waals surface area contributed by atoms with Crippen molar-refractivity contribution in [3.05, 3.63) is 28.2 Å². The first-order chi connectivity index (χ1) is 8.52. The van der Waals surface area contributed by atoms with E-state index in [4.69, 9.17) is 9.84 Å². The summed E-state index contributed by atoms with van der Waals surface area (Å²) in [6, 6.07) is 5.50. The lowest BCUT2D eigenvalue weighted by Gasteiger charge is -2.10. The van der Waals surface area contributed by atoms with Crippen LogP contribution < -0.4 is 10.1 Å². The van der Waals surface area contributed by atoms with Crippen molar-refractivity contribution in [3.8, 4) is 5.75 Å². The van der Waals surface area contributed by atoms with Gasteiger partial charge in [0.05, 0.1) is 24.1 Å². The Bertz CT molecular complexity index is 407. The van der Waals surface area contributed by atoms with Crippen molar-refractivity contribution in [2.24, 2.45) is 0 Å². The molecule has 0 heterocycles. The van der Waals surface area contributed by atoms with Gasteiger partial charge in [0.25, 0.3) is 0 Å². The summed E-state index contributed by atoms with van der Waals surface area (Å²) in [5, 5.41) is 11.8. The minimum Gasteiger partial charge on any atom is -0.492 e. The molecule has 100 valence electrons. The molecule has 0 spiro atoms. The van der Waals surface area contributed by atoms with Gasteiger partial charge in [-0.1, -0.05) is 6.07 Å². The molecule has 1 aromatic carbocycles. The van der Waals surface area contributed by atoms with Gasteiger partial charge >= 0.3 is 0 Å². The molecule has 0 atom stereocenters. The van der Waals surface area contributed by atoms with E-state index in [0.717, 1.165) is 10.0 Å². The number of hydrogen-bond acceptors (Lipinski definition) is 3. The Morgan fingerprint density at radius 1 is 1.50 bits per heavy atom. The Morgan fingerprint density at radius 2 is 2.22 bits per heavy atom. The summed E-state index contributed by atoms with van der Waals surface area (Å²) >= 11 is 3.36. The summed E-state index contributed by atoms with van der Waals surface area (Å²) in [5.74, 6) is 0.651. The van der Waals surface area contributed by atoms with Crippen LogP contribution in [-0.4, -0.2) is 23.7 Å². The van der Waals surface area contributed by atoms with E-state index in [2.05, 4.69) is 21.2 Å². The number of hydrogen-bond donors (Lipinski definition) is 2. The predicted molar refractivity (Wildman–Crippen MR) is 73.5 cm³/mol. The molecule has 1 amide bonds. The molecule has 0 radical (unpaired) electrons. The van der Waals surface area contributed by atoms with Gasteiger partial charge in [0, 0.05) is 6.04 Å². The van der Waals surface area contributed by atoms with Crippen molar-refractivity contribution in [1.29, 1.82) is 0 Å². The highest BCUT2D eigenvalue weighted by Crippen LogP contribution is 2.26. The van der Waals surface area contributed by atoms with E-state index < -0.39 is 0 Å². The number of halogens is 1. The quantitative estimate of drug-likeness (QED) is 0.846. The van der Waals surface area contributed by atoms with E-state index >= 15 is 0 Å². The van der Waals surface area contributed by atoms with E-state index in [-0.39, 0.29) is 18.6 Å². The van der Waals surface area contributed by atoms with Crippen molar-refractivity contribution >= 4 is 21.8 Å². The molecule has 0 bridgehead atoms. The van der Waals surface area contributed by atoms with Crippen LogP contribution in [-0.2, 0) is 11.4 Å². The topological polar surface area (TPSA) is 58.6 Å². The maximum absolute atomic E-state index is 11.4. The number of aliphatic hydroxyl groups is 1. The number of ether oxygens (including phenoxy) is 1. The van der Waals surface area contributed by atoms with Crippen molar-refractivity contribution < 1.29 is 14.6 Å². The Hall–Kier alpha value is -1.07. The van der Waals surface area contributed by atoms with Crippen molar-refractivity contribution in [2.75, 3.05) is 6.61 Å². The highest BCUT2D eigenvalue weighted by molar-refractivity contribution is 9.10. The summed E-state index contributed by atoms with van der Waals surface area (Å²) in [4.78, 5) is 11.4. The third-order valence-corrected chi connectivity index (χ3v) is 2.83. The Morgan fingerprint density at radius 3 is 2.78 bits per heavy atom. The highest BCUT2D eigenvalue weighted by Gasteiger charge is 2.06. The standard InChI is InChI=1S/C13H18BrNO3/c1-9(2)15-13(17)5-6-18-12-4-3-10(8-16)7-11(12)14/h3-4,7,9,16H,5-6,8H2,1-2H3,(H,15,17). The van der Waals surface area contributed by atoms with Crippen molar-refractivity contribution in [2.45, 2.75) is 32.9 Å². The van der Waals surface area contributed by atoms with Gasteiger partial charge in [-0.3, -0.25) is 4.79 Å². The number of aliphatic hydroxyl groups excluding tert-OH is 1. The number of benzene rings is 1. The van der Waals surface area contributed by atoms with Crippen LogP contribution in [0.4, 0.5) is 0 Å². The van der Waals surface area contributed by atoms with Gasteiger partial charge in [-0.25, -0.2) is 0 Å². The molecule has 2 N–H and O–H groups in total. The molecule has 0 aliphatic carbocycles. The molecular weight excluding hydrogens is 298 g/mol. The predicted octanol–water partition coefficient (Wildman–Crippen LogP) is 2.23. The molecule has 0 aliphatic heterocycles. The zero-order chi connectivity index (χ0) is 13.5. The molecule has 0 fully saturated rings. The van der Waals surface area contributed by atoms with Crippen LogP contribution in [0.1, 0.15) is 25.8 Å². The van der Waals surface area contributed by atoms with E-state index in [1.807, 2.05) is 13.8 Å². The molecule has 0 aromatic heterocycles. The summed E-state index contributed by atoms with van der Waals surface area (Å²) in [5.41, 5.74) is 0.812. The molecular formula is C13H18BrNO3. The van der Waals surface area contributed by atoms with E-state index in [9.17, 15) is 4.79 Å². The largest absolute Gasteiger partial charge is 0.492 e. The fourth-order valence-corrected chi connectivity index (χ4v) is 1.95. The molecule has 4 nitrogen and oxygen atoms in total. The van der Waals surface area contributed by atoms with Crippen LogP contribution in [0.5, 0.6) is 5.75 Å². The maximum Gasteiger partial charge on any atom is 0.223 e. The second-order valence-electron chi connectivity index (χ2n) is 4.24. The zero-order valence-electron chi connectivity index (χ0n) is 10.6. The first kappa shape index (κ1) is 15.0. The molecule has 0 aliphatic rings. The summed E-state index contributed by atoms with van der Waals surface area (Å²) < 4.78 is 6.28. The fraction of sp³-hybridized carbons (Fsp3) is 0.462. The third kappa shape index (κ3) is 5.06. The third-order valence-electron chi connectivity index (χ3n) is 2.22. The molecule has 0 unspecified atom stereocenters. The van der Waals surface area contributed by atoms with Crippen LogP contribution in [0.3, 0.4) is 0 Å². The van der Waals surface area contributed by atoms with Crippen LogP contribution in [0.25, 0.3) is 0 Å². The van der Waals surface area contributed by atoms with Gasteiger partial charge < -0.3 is 15.2 Å². The van der Waals surface area contributed by atoms with Crippen LogP contribution in [0, 0.1) is 0 Å². The first-order valence-electron chi connectivity index (χ1n) is 5.84. The Balaban J connectivity index is 2.42. The van der Waals surface area contributed by atoms with Crippen LogP contribution in [0.15, 0.2) is 22.7 Å². The lowest BCUT2D eigenvalue weighted by atomic mass is 10.2. The molecule has 5 heteroatoms. The summed E-state index contributed by atoms with van der Waals surface area (Å²) in [7, 11) is 0. The van der Waals surface area contributed by atoms with Crippen molar-refractivity contribution in [1.82, 2.24) is 5.32 Å². The van der Waals surface area contributed by atoms with Gasteiger partial charge in [-0.05, 0) is 47.5 Å². The number of amides is 1. The average molecular weight is 316 g/mol. The highest BCUT2D eigenvalue weighted by atomic mass is 79.9. The second kappa shape index (κ2) is 7.38. The molecule has 0 saturated heterocycles. The van der Waals surface area contributed by atoms with Crippen LogP contribution >= 0.6 is 15.9 Å². The number of carbonyl (C=O) groups excluding carboxylic acids is 1. The minimum absolute atomic E-state index is 0.00429. The van der Waals surface area contributed by atoms with Gasteiger partial charge in [0.15, 0.2) is 0 Å². The van der Waals surface area contributed by atoms with Gasteiger partial charge in [0.2, 0.25) is 5.91 Å². The van der Waals surface area contributed by atoms with Gasteiger partial charge in [-0.15, -0.1) is 0 Å². The number of rotatable bonds is 6. The van der Waals surface area contributed by atoms with Crippen LogP contribution in [0.2, 0.25) is 0 Å². The Labute approximate surface area is 115 Å². The normalized spacial score (nSPS) is 10.5. The SMILES string of the molecule is CC(C)NC(=O)CCOc1ccc(CO)cc1Br.